The minimum atomic E-state index is -0.139. The molecule has 2 aliphatic rings. The van der Waals surface area contributed by atoms with E-state index in [1.165, 1.54) is 6.26 Å². The smallest absolute Gasteiger partial charge is 0.257 e. The molecule has 7 heteroatoms. The van der Waals surface area contributed by atoms with Crippen LogP contribution in [0.2, 0.25) is 0 Å². The molecule has 1 aromatic heterocycles. The number of amides is 2. The molecule has 2 unspecified atom stereocenters. The number of nitrogens with two attached hydrogens (primary N) is 1. The maximum absolute atomic E-state index is 12.6. The van der Waals surface area contributed by atoms with Crippen LogP contribution in [0.4, 0.5) is 0 Å². The predicted molar refractivity (Wildman–Crippen MR) is 79.1 cm³/mol. The van der Waals surface area contributed by atoms with Crippen molar-refractivity contribution < 1.29 is 14.0 Å². The Hall–Kier alpha value is -1.53. The number of carbonyl (C=O) groups excluding carboxylic acids is 2. The van der Waals surface area contributed by atoms with Crippen LogP contribution in [0, 0.1) is 0 Å². The maximum atomic E-state index is 12.6. The summed E-state index contributed by atoms with van der Waals surface area (Å²) in [5.74, 6) is 0.360. The molecule has 2 atom stereocenters. The largest absolute Gasteiger partial charge is 0.467 e. The molecular formula is C14H20ClN3O3. The van der Waals surface area contributed by atoms with E-state index in [1.807, 2.05) is 0 Å². The molecule has 1 saturated heterocycles. The lowest BCUT2D eigenvalue weighted by Crippen LogP contribution is -2.62. The van der Waals surface area contributed by atoms with Gasteiger partial charge in [-0.1, -0.05) is 12.8 Å². The third-order valence-corrected chi connectivity index (χ3v) is 4.15. The standard InChI is InChI=1S/C14H19N3O3.ClH/c15-6-10-5-9(8-20-10)14(19)17-7-13(18)16-11-3-1-2-4-12(11)17;/h5,8,11-12H,1-4,6-7,15H2,(H,16,18);1H. The number of nitrogens with one attached hydrogen (secondary N) is 1. The summed E-state index contributed by atoms with van der Waals surface area (Å²) in [5.41, 5.74) is 5.96. The number of halogens is 1. The summed E-state index contributed by atoms with van der Waals surface area (Å²) in [6.07, 6.45) is 5.51. The van der Waals surface area contributed by atoms with Crippen molar-refractivity contribution in [3.8, 4) is 0 Å². The van der Waals surface area contributed by atoms with E-state index in [1.54, 1.807) is 11.0 Å². The van der Waals surface area contributed by atoms with Crippen molar-refractivity contribution in [1.82, 2.24) is 10.2 Å². The number of hydrogen-bond acceptors (Lipinski definition) is 4. The van der Waals surface area contributed by atoms with Gasteiger partial charge in [-0.05, 0) is 18.9 Å². The van der Waals surface area contributed by atoms with Gasteiger partial charge < -0.3 is 20.4 Å². The molecule has 116 valence electrons. The molecule has 6 nitrogen and oxygen atoms in total. The molecular weight excluding hydrogens is 294 g/mol. The van der Waals surface area contributed by atoms with Crippen LogP contribution in [0.25, 0.3) is 0 Å². The maximum Gasteiger partial charge on any atom is 0.257 e. The van der Waals surface area contributed by atoms with Gasteiger partial charge in [-0.15, -0.1) is 12.4 Å². The summed E-state index contributed by atoms with van der Waals surface area (Å²) in [6, 6.07) is 1.85. The van der Waals surface area contributed by atoms with Gasteiger partial charge in [-0.25, -0.2) is 0 Å². The molecule has 0 radical (unpaired) electrons. The Morgan fingerprint density at radius 2 is 2.19 bits per heavy atom. The molecule has 3 rings (SSSR count). The molecule has 0 bridgehead atoms. The van der Waals surface area contributed by atoms with E-state index in [4.69, 9.17) is 10.2 Å². The van der Waals surface area contributed by atoms with E-state index in [0.29, 0.717) is 11.3 Å². The van der Waals surface area contributed by atoms with Crippen LogP contribution in [0.15, 0.2) is 16.7 Å². The summed E-state index contributed by atoms with van der Waals surface area (Å²) in [5, 5.41) is 2.99. The van der Waals surface area contributed by atoms with Crippen molar-refractivity contribution in [2.24, 2.45) is 5.73 Å². The van der Waals surface area contributed by atoms with Gasteiger partial charge in [0.1, 0.15) is 18.6 Å². The summed E-state index contributed by atoms with van der Waals surface area (Å²) in [6.45, 7) is 0.392. The molecule has 0 aromatic carbocycles. The molecule has 1 aromatic rings. The zero-order valence-electron chi connectivity index (χ0n) is 11.7. The topological polar surface area (TPSA) is 88.6 Å². The fourth-order valence-electron chi connectivity index (χ4n) is 3.17. The van der Waals surface area contributed by atoms with Crippen LogP contribution in [-0.2, 0) is 11.3 Å². The average Bonchev–Trinajstić information content (AvgIpc) is 2.94. The highest BCUT2D eigenvalue weighted by Gasteiger charge is 2.39. The van der Waals surface area contributed by atoms with Gasteiger partial charge in [0.15, 0.2) is 0 Å². The highest BCUT2D eigenvalue weighted by atomic mass is 35.5. The molecule has 3 N–H and O–H groups in total. The Kier molecular flexibility index (Phi) is 4.90. The van der Waals surface area contributed by atoms with Crippen molar-refractivity contribution >= 4 is 24.2 Å². The van der Waals surface area contributed by atoms with Gasteiger partial charge in [-0.3, -0.25) is 9.59 Å². The second-order valence-electron chi connectivity index (χ2n) is 5.46. The van der Waals surface area contributed by atoms with E-state index in [0.717, 1.165) is 25.7 Å². The second kappa shape index (κ2) is 6.49. The Morgan fingerprint density at radius 3 is 2.90 bits per heavy atom. The van der Waals surface area contributed by atoms with Gasteiger partial charge in [0.05, 0.1) is 18.2 Å². The van der Waals surface area contributed by atoms with Crippen molar-refractivity contribution in [2.45, 2.75) is 44.3 Å². The molecule has 0 spiro atoms. The molecule has 1 aliphatic heterocycles. The van der Waals surface area contributed by atoms with E-state index < -0.39 is 0 Å². The number of rotatable bonds is 2. The van der Waals surface area contributed by atoms with Crippen LogP contribution in [0.3, 0.4) is 0 Å². The van der Waals surface area contributed by atoms with Crippen LogP contribution >= 0.6 is 12.4 Å². The molecule has 1 saturated carbocycles. The minimum absolute atomic E-state index is 0. The fourth-order valence-corrected chi connectivity index (χ4v) is 3.17. The normalized spacial score (nSPS) is 24.8. The number of fused-ring (bicyclic) bond motifs is 1. The first kappa shape index (κ1) is 15.9. The van der Waals surface area contributed by atoms with E-state index in [2.05, 4.69) is 5.32 Å². The van der Waals surface area contributed by atoms with Crippen molar-refractivity contribution in [3.63, 3.8) is 0 Å². The third kappa shape index (κ3) is 3.06. The Labute approximate surface area is 129 Å². The molecule has 21 heavy (non-hydrogen) atoms. The molecule has 2 fully saturated rings. The SMILES string of the molecule is Cl.NCc1cc(C(=O)N2CC(=O)NC3CCCCC32)co1. The monoisotopic (exact) mass is 313 g/mol. The van der Waals surface area contributed by atoms with Crippen LogP contribution in [-0.4, -0.2) is 35.3 Å². The predicted octanol–water partition coefficient (Wildman–Crippen LogP) is 1.04. The Morgan fingerprint density at radius 1 is 1.43 bits per heavy atom. The Bertz CT molecular complexity index is 531. The lowest BCUT2D eigenvalue weighted by atomic mass is 9.87. The first-order chi connectivity index (χ1) is 9.69. The summed E-state index contributed by atoms with van der Waals surface area (Å²) >= 11 is 0. The lowest BCUT2D eigenvalue weighted by Gasteiger charge is -2.43. The van der Waals surface area contributed by atoms with E-state index >= 15 is 0 Å². The van der Waals surface area contributed by atoms with Gasteiger partial charge in [0, 0.05) is 6.04 Å². The first-order valence-electron chi connectivity index (χ1n) is 7.07. The van der Waals surface area contributed by atoms with E-state index in [9.17, 15) is 9.59 Å². The summed E-state index contributed by atoms with van der Waals surface area (Å²) in [4.78, 5) is 26.0. The van der Waals surface area contributed by atoms with Crippen molar-refractivity contribution in [3.05, 3.63) is 23.7 Å². The first-order valence-corrected chi connectivity index (χ1v) is 7.07. The number of furan rings is 1. The van der Waals surface area contributed by atoms with Crippen LogP contribution < -0.4 is 11.1 Å². The van der Waals surface area contributed by atoms with Gasteiger partial charge in [0.25, 0.3) is 5.91 Å². The molecule has 2 amide bonds. The Balaban J connectivity index is 0.00000161. The second-order valence-corrected chi connectivity index (χ2v) is 5.46. The van der Waals surface area contributed by atoms with Gasteiger partial charge in [-0.2, -0.15) is 0 Å². The van der Waals surface area contributed by atoms with Crippen LogP contribution in [0.5, 0.6) is 0 Å². The fraction of sp³-hybridized carbons (Fsp3) is 0.571. The molecule has 1 aliphatic carbocycles. The van der Waals surface area contributed by atoms with Gasteiger partial charge >= 0.3 is 0 Å². The average molecular weight is 314 g/mol. The quantitative estimate of drug-likeness (QED) is 0.854. The third-order valence-electron chi connectivity index (χ3n) is 4.15. The van der Waals surface area contributed by atoms with E-state index in [-0.39, 0.29) is 49.4 Å². The number of piperazine rings is 1. The number of carbonyl (C=O) groups is 2. The number of hydrogen-bond donors (Lipinski definition) is 2. The highest BCUT2D eigenvalue weighted by molar-refractivity contribution is 5.97. The van der Waals surface area contributed by atoms with Crippen LogP contribution in [0.1, 0.15) is 41.8 Å². The summed E-state index contributed by atoms with van der Waals surface area (Å²) in [7, 11) is 0. The van der Waals surface area contributed by atoms with Crippen molar-refractivity contribution in [1.29, 1.82) is 0 Å². The van der Waals surface area contributed by atoms with Gasteiger partial charge in [0.2, 0.25) is 5.91 Å². The summed E-state index contributed by atoms with van der Waals surface area (Å²) < 4.78 is 5.22. The molecule has 2 heterocycles. The zero-order valence-corrected chi connectivity index (χ0v) is 12.5. The van der Waals surface area contributed by atoms with Crippen molar-refractivity contribution in [2.75, 3.05) is 6.54 Å². The zero-order chi connectivity index (χ0) is 14.1. The minimum Gasteiger partial charge on any atom is -0.467 e. The lowest BCUT2D eigenvalue weighted by molar-refractivity contribution is -0.127. The highest BCUT2D eigenvalue weighted by Crippen LogP contribution is 2.27. The number of nitrogens with zero attached hydrogens (tertiary/aromatic N) is 1.